The van der Waals surface area contributed by atoms with Gasteiger partial charge < -0.3 is 15.8 Å². The highest BCUT2D eigenvalue weighted by Gasteiger charge is 2.17. The summed E-state index contributed by atoms with van der Waals surface area (Å²) in [5, 5.41) is 3.23. The minimum atomic E-state index is -0.282. The molecule has 0 aliphatic heterocycles. The molecule has 2 rings (SSSR count). The Kier molecular flexibility index (Phi) is 5.96. The SMILES string of the molecule is CC(N)C(C)C(=O)Nc1ccc(OCc2cccnc2)c(Cl)c1. The van der Waals surface area contributed by atoms with Gasteiger partial charge in [-0.05, 0) is 31.2 Å². The van der Waals surface area contributed by atoms with Crippen LogP contribution >= 0.6 is 11.6 Å². The number of halogens is 1. The highest BCUT2D eigenvalue weighted by Crippen LogP contribution is 2.28. The molecule has 23 heavy (non-hydrogen) atoms. The maximum Gasteiger partial charge on any atom is 0.228 e. The van der Waals surface area contributed by atoms with Crippen LogP contribution in [0.3, 0.4) is 0 Å². The lowest BCUT2D eigenvalue weighted by Crippen LogP contribution is -2.34. The largest absolute Gasteiger partial charge is 0.487 e. The second-order valence-electron chi connectivity index (χ2n) is 5.43. The van der Waals surface area contributed by atoms with Crippen molar-refractivity contribution in [1.29, 1.82) is 0 Å². The quantitative estimate of drug-likeness (QED) is 0.850. The van der Waals surface area contributed by atoms with Gasteiger partial charge in [-0.2, -0.15) is 0 Å². The summed E-state index contributed by atoms with van der Waals surface area (Å²) < 4.78 is 5.66. The summed E-state index contributed by atoms with van der Waals surface area (Å²) in [5.41, 5.74) is 7.29. The van der Waals surface area contributed by atoms with Gasteiger partial charge in [0, 0.05) is 29.7 Å². The molecule has 2 unspecified atom stereocenters. The number of ether oxygens (including phenoxy) is 1. The molecule has 1 aromatic carbocycles. The maximum atomic E-state index is 12.0. The molecule has 5 nitrogen and oxygen atoms in total. The van der Waals surface area contributed by atoms with Crippen LogP contribution in [-0.4, -0.2) is 16.9 Å². The summed E-state index contributed by atoms with van der Waals surface area (Å²) in [5.74, 6) is 0.129. The van der Waals surface area contributed by atoms with E-state index >= 15 is 0 Å². The first kappa shape index (κ1) is 17.2. The van der Waals surface area contributed by atoms with Crippen molar-refractivity contribution < 1.29 is 9.53 Å². The number of nitrogens with one attached hydrogen (secondary N) is 1. The van der Waals surface area contributed by atoms with Crippen LogP contribution in [-0.2, 0) is 11.4 Å². The Morgan fingerprint density at radius 3 is 2.78 bits per heavy atom. The zero-order valence-corrected chi connectivity index (χ0v) is 13.9. The van der Waals surface area contributed by atoms with E-state index in [0.29, 0.717) is 23.1 Å². The molecule has 0 radical (unpaired) electrons. The third kappa shape index (κ3) is 4.94. The maximum absolute atomic E-state index is 12.0. The Morgan fingerprint density at radius 1 is 1.39 bits per heavy atom. The molecule has 1 heterocycles. The number of carbonyl (C=O) groups is 1. The first-order valence-corrected chi connectivity index (χ1v) is 7.73. The number of amides is 1. The minimum absolute atomic E-state index is 0.139. The van der Waals surface area contributed by atoms with E-state index in [1.54, 1.807) is 44.4 Å². The summed E-state index contributed by atoms with van der Waals surface area (Å²) >= 11 is 6.20. The Balaban J connectivity index is 1.99. The van der Waals surface area contributed by atoms with E-state index < -0.39 is 0 Å². The average molecular weight is 334 g/mol. The molecule has 0 aliphatic rings. The van der Waals surface area contributed by atoms with Gasteiger partial charge in [0.15, 0.2) is 0 Å². The number of pyridine rings is 1. The van der Waals surface area contributed by atoms with Gasteiger partial charge in [-0.15, -0.1) is 0 Å². The standard InChI is InChI=1S/C17H20ClN3O2/c1-11(12(2)19)17(22)21-14-5-6-16(15(18)8-14)23-10-13-4-3-7-20-9-13/h3-9,11-12H,10,19H2,1-2H3,(H,21,22). The van der Waals surface area contributed by atoms with E-state index in [1.807, 2.05) is 12.1 Å². The van der Waals surface area contributed by atoms with Crippen molar-refractivity contribution in [3.63, 3.8) is 0 Å². The number of anilines is 1. The van der Waals surface area contributed by atoms with Gasteiger partial charge in [0.05, 0.1) is 10.9 Å². The number of nitrogens with two attached hydrogens (primary N) is 1. The normalized spacial score (nSPS) is 13.2. The van der Waals surface area contributed by atoms with Gasteiger partial charge in [-0.1, -0.05) is 24.6 Å². The van der Waals surface area contributed by atoms with Crippen LogP contribution in [0.5, 0.6) is 5.75 Å². The molecule has 0 bridgehead atoms. The topological polar surface area (TPSA) is 77.2 Å². The monoisotopic (exact) mass is 333 g/mol. The van der Waals surface area contributed by atoms with Crippen LogP contribution in [0, 0.1) is 5.92 Å². The van der Waals surface area contributed by atoms with E-state index in [-0.39, 0.29) is 17.9 Å². The van der Waals surface area contributed by atoms with E-state index in [9.17, 15) is 4.79 Å². The van der Waals surface area contributed by atoms with Crippen LogP contribution in [0.15, 0.2) is 42.7 Å². The number of nitrogens with zero attached hydrogens (tertiary/aromatic N) is 1. The second-order valence-corrected chi connectivity index (χ2v) is 5.84. The van der Waals surface area contributed by atoms with E-state index in [2.05, 4.69) is 10.3 Å². The molecule has 3 N–H and O–H groups in total. The first-order valence-electron chi connectivity index (χ1n) is 7.35. The molecule has 2 aromatic rings. The molecular weight excluding hydrogens is 314 g/mol. The van der Waals surface area contributed by atoms with Gasteiger partial charge in [-0.3, -0.25) is 9.78 Å². The van der Waals surface area contributed by atoms with Crippen molar-refractivity contribution in [3.8, 4) is 5.75 Å². The molecule has 0 aliphatic carbocycles. The minimum Gasteiger partial charge on any atom is -0.487 e. The van der Waals surface area contributed by atoms with Crippen molar-refractivity contribution in [2.75, 3.05) is 5.32 Å². The van der Waals surface area contributed by atoms with Crippen molar-refractivity contribution in [2.24, 2.45) is 11.7 Å². The molecule has 2 atom stereocenters. The van der Waals surface area contributed by atoms with Crippen molar-refractivity contribution in [1.82, 2.24) is 4.98 Å². The zero-order valence-electron chi connectivity index (χ0n) is 13.1. The lowest BCUT2D eigenvalue weighted by molar-refractivity contribution is -0.119. The molecule has 1 aromatic heterocycles. The predicted octanol–water partition coefficient (Wildman–Crippen LogP) is 3.24. The fourth-order valence-electron chi connectivity index (χ4n) is 1.84. The number of hydrogen-bond donors (Lipinski definition) is 2. The van der Waals surface area contributed by atoms with E-state index in [1.165, 1.54) is 0 Å². The number of carbonyl (C=O) groups excluding carboxylic acids is 1. The Hall–Kier alpha value is -2.11. The van der Waals surface area contributed by atoms with Gasteiger partial charge in [-0.25, -0.2) is 0 Å². The predicted molar refractivity (Wildman–Crippen MR) is 91.5 cm³/mol. The summed E-state index contributed by atoms with van der Waals surface area (Å²) in [6.07, 6.45) is 3.44. The summed E-state index contributed by atoms with van der Waals surface area (Å²) in [4.78, 5) is 16.0. The molecule has 1 amide bonds. The molecule has 0 saturated carbocycles. The van der Waals surface area contributed by atoms with Crippen LogP contribution in [0.25, 0.3) is 0 Å². The molecule has 122 valence electrons. The van der Waals surface area contributed by atoms with Crippen LogP contribution in [0.2, 0.25) is 5.02 Å². The Morgan fingerprint density at radius 2 is 2.17 bits per heavy atom. The lowest BCUT2D eigenvalue weighted by Gasteiger charge is -2.16. The molecule has 6 heteroatoms. The van der Waals surface area contributed by atoms with Crippen LogP contribution in [0.1, 0.15) is 19.4 Å². The molecule has 0 fully saturated rings. The van der Waals surface area contributed by atoms with Crippen molar-refractivity contribution in [2.45, 2.75) is 26.5 Å². The van der Waals surface area contributed by atoms with Gasteiger partial charge in [0.1, 0.15) is 12.4 Å². The highest BCUT2D eigenvalue weighted by atomic mass is 35.5. The zero-order chi connectivity index (χ0) is 16.8. The Labute approximate surface area is 140 Å². The molecule has 0 saturated heterocycles. The summed E-state index contributed by atoms with van der Waals surface area (Å²) in [6, 6.07) is 8.68. The van der Waals surface area contributed by atoms with Gasteiger partial charge in [0.25, 0.3) is 0 Å². The molecule has 0 spiro atoms. The first-order chi connectivity index (χ1) is 11.0. The highest BCUT2D eigenvalue weighted by molar-refractivity contribution is 6.32. The van der Waals surface area contributed by atoms with Crippen molar-refractivity contribution in [3.05, 3.63) is 53.3 Å². The second kappa shape index (κ2) is 7.94. The number of rotatable bonds is 6. The summed E-state index contributed by atoms with van der Waals surface area (Å²) in [7, 11) is 0. The summed E-state index contributed by atoms with van der Waals surface area (Å²) in [6.45, 7) is 3.96. The lowest BCUT2D eigenvalue weighted by atomic mass is 10.0. The van der Waals surface area contributed by atoms with Crippen LogP contribution in [0.4, 0.5) is 5.69 Å². The van der Waals surface area contributed by atoms with E-state index in [4.69, 9.17) is 22.1 Å². The van der Waals surface area contributed by atoms with Crippen LogP contribution < -0.4 is 15.8 Å². The molecular formula is C17H20ClN3O2. The van der Waals surface area contributed by atoms with Crippen molar-refractivity contribution >= 4 is 23.2 Å². The number of hydrogen-bond acceptors (Lipinski definition) is 4. The van der Waals surface area contributed by atoms with Gasteiger partial charge in [0.2, 0.25) is 5.91 Å². The average Bonchev–Trinajstić information content (AvgIpc) is 2.54. The van der Waals surface area contributed by atoms with E-state index in [0.717, 1.165) is 5.56 Å². The fourth-order valence-corrected chi connectivity index (χ4v) is 2.07. The number of benzene rings is 1. The number of aromatic nitrogens is 1. The fraction of sp³-hybridized carbons (Fsp3) is 0.294. The third-order valence-electron chi connectivity index (χ3n) is 3.52. The van der Waals surface area contributed by atoms with Gasteiger partial charge >= 0.3 is 0 Å². The third-order valence-corrected chi connectivity index (χ3v) is 3.81. The Bertz CT molecular complexity index is 662. The smallest absolute Gasteiger partial charge is 0.228 e.